The summed E-state index contributed by atoms with van der Waals surface area (Å²) in [4.78, 5) is 83.2. The van der Waals surface area contributed by atoms with Crippen molar-refractivity contribution in [2.24, 2.45) is 0 Å². The first kappa shape index (κ1) is 111. The van der Waals surface area contributed by atoms with Gasteiger partial charge in [-0.3, -0.25) is 19.9 Å². The van der Waals surface area contributed by atoms with Crippen LogP contribution < -0.4 is 5.10 Å². The summed E-state index contributed by atoms with van der Waals surface area (Å²) in [6, 6.07) is 141. The van der Waals surface area contributed by atoms with Crippen LogP contribution in [0.1, 0.15) is 57.9 Å². The zero-order valence-electron chi connectivity index (χ0n) is 78.1. The van der Waals surface area contributed by atoms with Crippen LogP contribution in [-0.4, -0.2) is 119 Å². The van der Waals surface area contributed by atoms with E-state index < -0.39 is 17.9 Å². The number of aromatic carboxylic acids is 3. The van der Waals surface area contributed by atoms with Crippen molar-refractivity contribution in [2.75, 3.05) is 0 Å². The molecule has 0 atom stereocenters. The van der Waals surface area contributed by atoms with Crippen LogP contribution >= 0.6 is 0 Å². The van der Waals surface area contributed by atoms with Gasteiger partial charge in [0, 0.05) is 144 Å². The normalized spacial score (nSPS) is 10.1. The zero-order chi connectivity index (χ0) is 99.2. The van der Waals surface area contributed by atoms with Crippen LogP contribution in [0.25, 0.3) is 147 Å². The molecule has 0 spiro atoms. The smallest absolute Gasteiger partial charge is 0.354 e. The molecule has 0 fully saturated rings. The van der Waals surface area contributed by atoms with E-state index in [4.69, 9.17) is 25.3 Å². The molecule has 21 rings (SSSR count). The number of pyridine rings is 12. The van der Waals surface area contributed by atoms with Gasteiger partial charge in [0.1, 0.15) is 40.1 Å². The van der Waals surface area contributed by atoms with Gasteiger partial charge in [0.05, 0.1) is 68.3 Å². The summed E-state index contributed by atoms with van der Waals surface area (Å²) in [5, 5.41) is 74.0. The minimum absolute atomic E-state index is 0. The fourth-order valence-electron chi connectivity index (χ4n) is 13.6. The van der Waals surface area contributed by atoms with Crippen LogP contribution in [0.3, 0.4) is 0 Å². The molecule has 4 radical (unpaired) electrons. The van der Waals surface area contributed by atoms with Crippen LogP contribution in [0.4, 0.5) is 0 Å². The van der Waals surface area contributed by atoms with Crippen molar-refractivity contribution in [1.29, 1.82) is 0 Å². The van der Waals surface area contributed by atoms with Crippen molar-refractivity contribution >= 4 is 17.9 Å². The summed E-state index contributed by atoms with van der Waals surface area (Å²) < 4.78 is 0. The first-order chi connectivity index (χ1) is 69.2. The van der Waals surface area contributed by atoms with E-state index in [1.54, 1.807) is 109 Å². The van der Waals surface area contributed by atoms with E-state index >= 15 is 0 Å². The Morgan fingerprint density at radius 3 is 0.705 bits per heavy atom. The molecule has 21 aromatic rings. The monoisotopic (exact) mass is 2630 g/mol. The van der Waals surface area contributed by atoms with Crippen molar-refractivity contribution < 1.29 is 131 Å². The molecule has 0 aliphatic carbocycles. The maximum absolute atomic E-state index is 10.7. The number of hydrogen-bond acceptors (Lipinski definition) is 20. The largest absolute Gasteiger partial charge is 0.573 e. The maximum Gasteiger partial charge on any atom is 0.354 e. The Hall–Kier alpha value is -17.0. The van der Waals surface area contributed by atoms with Crippen molar-refractivity contribution in [3.63, 3.8) is 0 Å². The Morgan fingerprint density at radius 2 is 0.459 bits per heavy atom. The molecule has 0 unspecified atom stereocenters. The molecular weight excluding hydrogens is 2540 g/mol. The van der Waals surface area contributed by atoms with E-state index in [2.05, 4.69) is 105 Å². The van der Waals surface area contributed by atoms with Crippen molar-refractivity contribution in [2.45, 2.75) is 26.2 Å². The Balaban J connectivity index is 0.000000174. The van der Waals surface area contributed by atoms with Crippen molar-refractivity contribution in [3.8, 4) is 170 Å². The summed E-state index contributed by atoms with van der Waals surface area (Å²) in [5.41, 5.74) is 21.7. The SMILES string of the molecule is CC(C)(C)c1cc(-c2ccccn2)[n-]n1.O=C(O)c1cccc(-c2ccccn2)n1.O=C(O)c1ccccn1.O=C(O)c1ccccn1.Oc1ccccc1-c1cccc(-c2cccc(-c3ccccc3O)n2)n1.Oc1ccccc1-c1cccc(-c2cccc(-c3ccccc3O)n2)n1.[Ir].[Ir].[Ir].[Ir].[c-]1ccccc1-c1cccc(-c2[c-]cccc2)n1.[c-]1ccccc1-c1cccc(-c2cccc(-c3[c-]cccc3)n2)n1. The fraction of sp³-hybridized carbons (Fsp3) is 0.0339. The van der Waals surface area contributed by atoms with E-state index in [9.17, 15) is 34.8 Å². The van der Waals surface area contributed by atoms with E-state index in [1.165, 1.54) is 30.6 Å². The number of carboxylic acid groups (broad SMARTS) is 3. The number of para-hydroxylation sites is 4. The van der Waals surface area contributed by atoms with Gasteiger partial charge in [0.15, 0.2) is 0 Å². The minimum atomic E-state index is -1.03. The topological polar surface area (TPSA) is 374 Å². The third-order valence-corrected chi connectivity index (χ3v) is 20.6. The number of carbonyl (C=O) groups is 3. The van der Waals surface area contributed by atoms with Gasteiger partial charge in [0.25, 0.3) is 0 Å². The predicted molar refractivity (Wildman–Crippen MR) is 548 cm³/mol. The molecule has 0 bridgehead atoms. The number of aromatic nitrogens is 14. The summed E-state index contributed by atoms with van der Waals surface area (Å²) in [5.74, 6) is -2.26. The molecule has 8 aromatic carbocycles. The van der Waals surface area contributed by atoms with Crippen LogP contribution in [0.15, 0.2) is 443 Å². The van der Waals surface area contributed by atoms with Crippen molar-refractivity contribution in [3.05, 3.63) is 490 Å². The molecule has 28 heteroatoms. The number of aromatic hydroxyl groups is 4. The zero-order valence-corrected chi connectivity index (χ0v) is 87.7. The van der Waals surface area contributed by atoms with E-state index in [0.29, 0.717) is 79.2 Å². The number of benzene rings is 8. The van der Waals surface area contributed by atoms with Gasteiger partial charge < -0.3 is 50.9 Å². The molecule has 732 valence electrons. The maximum atomic E-state index is 10.7. The van der Waals surface area contributed by atoms with E-state index in [0.717, 1.165) is 73.5 Å². The Morgan fingerprint density at radius 1 is 0.233 bits per heavy atom. The van der Waals surface area contributed by atoms with Crippen LogP contribution in [0.2, 0.25) is 0 Å². The van der Waals surface area contributed by atoms with Gasteiger partial charge in [-0.15, -0.1) is 144 Å². The molecule has 0 aliphatic rings. The van der Waals surface area contributed by atoms with Gasteiger partial charge in [-0.2, -0.15) is 0 Å². The third kappa shape index (κ3) is 32.2. The quantitative estimate of drug-likeness (QED) is 0.0442. The van der Waals surface area contributed by atoms with E-state index in [1.807, 2.05) is 303 Å². The van der Waals surface area contributed by atoms with Gasteiger partial charge in [-0.05, 0) is 193 Å². The molecule has 13 heterocycles. The average Bonchev–Trinajstić information content (AvgIpc) is 1.45. The molecule has 146 heavy (non-hydrogen) atoms. The first-order valence-corrected chi connectivity index (χ1v) is 44.4. The summed E-state index contributed by atoms with van der Waals surface area (Å²) in [7, 11) is 0. The number of carboxylic acids is 3. The van der Waals surface area contributed by atoms with Gasteiger partial charge >= 0.3 is 17.9 Å². The molecule has 0 aliphatic heterocycles. The van der Waals surface area contributed by atoms with Crippen molar-refractivity contribution in [1.82, 2.24) is 70.0 Å². The standard InChI is InChI=1S/2C22H16N2O2.C22H14N2.C17H11N.C12H14N3.C11H8N2O2.2C6H5NO2.4Ir/c2*25-21-13-3-1-7-15(21)17-9-5-11-19(23-17)20-12-6-10-18(24-20)16-8-2-4-14-22(16)26;1-3-9-17(10-4-1)19-13-7-15-21(23-19)22-16-8-14-20(24-22)18-11-5-2-6-12-18;1-3-8-14(9-4-1)16-12-7-13-17(18-16)15-10-5-2-6-11-15;1-12(2,3)11-8-10(14-15-11)9-6-4-5-7-13-9;14-11(15)10-6-3-5-9(13-10)8-4-1-2-7-12-8;2*8-6(9)5-3-1-2-4-7-5;;;;/h2*1-14,25-26H;1-9,11,13-16H;1-8,10,12-13H;4-8H,1-3H3;1-7H,(H,14,15);2*1-4H,(H,8,9);;;;/q;;2*-2;-1;;;;;;;. The summed E-state index contributed by atoms with van der Waals surface area (Å²) in [6.45, 7) is 6.37. The molecular formula is C118H89Ir4N14O10-5. The Kier molecular flexibility index (Phi) is 43.0. The average molecular weight is 2630 g/mol. The van der Waals surface area contributed by atoms with Crippen LogP contribution in [-0.2, 0) is 85.8 Å². The van der Waals surface area contributed by atoms with Crippen LogP contribution in [0, 0.1) is 24.3 Å². The van der Waals surface area contributed by atoms with Crippen LogP contribution in [0.5, 0.6) is 23.0 Å². The second-order valence-corrected chi connectivity index (χ2v) is 31.6. The molecule has 24 nitrogen and oxygen atoms in total. The Labute approximate surface area is 897 Å². The molecule has 0 amide bonds. The van der Waals surface area contributed by atoms with Gasteiger partial charge in [-0.1, -0.05) is 178 Å². The molecule has 13 aromatic heterocycles. The van der Waals surface area contributed by atoms with E-state index in [-0.39, 0.29) is 126 Å². The second kappa shape index (κ2) is 56.6. The fourth-order valence-corrected chi connectivity index (χ4v) is 13.6. The third-order valence-electron chi connectivity index (χ3n) is 20.6. The van der Waals surface area contributed by atoms with Gasteiger partial charge in [0.2, 0.25) is 0 Å². The Bertz CT molecular complexity index is 7170. The number of hydrogen-bond donors (Lipinski definition) is 7. The second-order valence-electron chi connectivity index (χ2n) is 31.6. The summed E-state index contributed by atoms with van der Waals surface area (Å²) in [6.07, 6.45) is 6.30. The number of phenolic OH excluding ortho intramolecular Hbond substituents is 4. The molecule has 0 saturated heterocycles. The first-order valence-electron chi connectivity index (χ1n) is 44.4. The summed E-state index contributed by atoms with van der Waals surface area (Å²) >= 11 is 0. The molecule has 7 N–H and O–H groups in total. The number of nitrogens with zero attached hydrogens (tertiary/aromatic N) is 14. The minimum Gasteiger partial charge on any atom is -0.573 e. The predicted octanol–water partition coefficient (Wildman–Crippen LogP) is 24.7. The number of rotatable bonds is 16. The number of phenols is 4. The van der Waals surface area contributed by atoms with Gasteiger partial charge in [-0.25, -0.2) is 49.3 Å². The molecule has 0 saturated carbocycles.